The molecule has 1 amide bonds. The first-order valence-electron chi connectivity index (χ1n) is 5.44. The highest BCUT2D eigenvalue weighted by molar-refractivity contribution is 14.1. The van der Waals surface area contributed by atoms with Crippen molar-refractivity contribution in [3.8, 4) is 5.75 Å². The Balaban J connectivity index is 2.01. The van der Waals surface area contributed by atoms with Gasteiger partial charge in [-0.05, 0) is 52.4 Å². The Bertz CT molecular complexity index is 578. The van der Waals surface area contributed by atoms with Gasteiger partial charge in [-0.2, -0.15) is 0 Å². The molecule has 2 N–H and O–H groups in total. The highest BCUT2D eigenvalue weighted by Crippen LogP contribution is 2.20. The number of benzene rings is 1. The van der Waals surface area contributed by atoms with E-state index in [4.69, 9.17) is 0 Å². The Morgan fingerprint density at radius 3 is 2.83 bits per heavy atom. The van der Waals surface area contributed by atoms with Gasteiger partial charge in [0, 0.05) is 31.5 Å². The van der Waals surface area contributed by atoms with Crippen molar-refractivity contribution in [1.29, 1.82) is 0 Å². The van der Waals surface area contributed by atoms with E-state index in [2.05, 4.69) is 5.32 Å². The number of hydrogen-bond acceptors (Lipinski definition) is 2. The van der Waals surface area contributed by atoms with Gasteiger partial charge < -0.3 is 15.0 Å². The van der Waals surface area contributed by atoms with Gasteiger partial charge in [0.1, 0.15) is 5.75 Å². The lowest BCUT2D eigenvalue weighted by Gasteiger charge is -2.05. The molecule has 1 aromatic carbocycles. The standard InChI is InChI=1S/C13H13IN2O2/c1-16-5-4-9(8-16)7-15-13(18)10-2-3-11(14)12(17)6-10/h2-6,8,17H,7H2,1H3,(H,15,18). The number of nitrogens with one attached hydrogen (secondary N) is 1. The number of hydrogen-bond donors (Lipinski definition) is 2. The fourth-order valence-corrected chi connectivity index (χ4v) is 1.94. The zero-order valence-corrected chi connectivity index (χ0v) is 12.0. The number of carbonyl (C=O) groups is 1. The third-order valence-electron chi connectivity index (χ3n) is 2.55. The molecule has 2 aromatic rings. The van der Waals surface area contributed by atoms with Crippen molar-refractivity contribution in [1.82, 2.24) is 9.88 Å². The first-order valence-corrected chi connectivity index (χ1v) is 6.51. The second kappa shape index (κ2) is 5.43. The molecule has 0 atom stereocenters. The number of rotatable bonds is 3. The Labute approximate surface area is 119 Å². The molecule has 0 fully saturated rings. The largest absolute Gasteiger partial charge is 0.507 e. The lowest BCUT2D eigenvalue weighted by atomic mass is 10.2. The minimum atomic E-state index is -0.189. The van der Waals surface area contributed by atoms with Gasteiger partial charge in [0.05, 0.1) is 3.57 Å². The van der Waals surface area contributed by atoms with Crippen molar-refractivity contribution in [2.24, 2.45) is 7.05 Å². The van der Waals surface area contributed by atoms with E-state index in [0.717, 1.165) is 9.13 Å². The maximum atomic E-state index is 11.9. The molecule has 0 aliphatic rings. The Hall–Kier alpha value is -1.50. The average Bonchev–Trinajstić information content (AvgIpc) is 2.75. The number of phenols is 1. The van der Waals surface area contributed by atoms with E-state index < -0.39 is 0 Å². The van der Waals surface area contributed by atoms with Crippen LogP contribution in [0.1, 0.15) is 15.9 Å². The SMILES string of the molecule is Cn1ccc(CNC(=O)c2ccc(I)c(O)c2)c1. The van der Waals surface area contributed by atoms with Crippen molar-refractivity contribution < 1.29 is 9.90 Å². The molecule has 5 heteroatoms. The van der Waals surface area contributed by atoms with Crippen LogP contribution in [0, 0.1) is 3.57 Å². The second-order valence-corrected chi connectivity index (χ2v) is 5.20. The topological polar surface area (TPSA) is 54.3 Å². The van der Waals surface area contributed by atoms with Crippen molar-refractivity contribution in [3.63, 3.8) is 0 Å². The fourth-order valence-electron chi connectivity index (χ4n) is 1.60. The van der Waals surface area contributed by atoms with E-state index in [1.807, 2.05) is 52.7 Å². The molecule has 0 aliphatic heterocycles. The van der Waals surface area contributed by atoms with Gasteiger partial charge in [-0.15, -0.1) is 0 Å². The number of aromatic nitrogens is 1. The zero-order chi connectivity index (χ0) is 13.1. The molecule has 4 nitrogen and oxygen atoms in total. The highest BCUT2D eigenvalue weighted by atomic mass is 127. The van der Waals surface area contributed by atoms with E-state index >= 15 is 0 Å². The highest BCUT2D eigenvalue weighted by Gasteiger charge is 2.08. The smallest absolute Gasteiger partial charge is 0.251 e. The van der Waals surface area contributed by atoms with Crippen LogP contribution in [-0.4, -0.2) is 15.6 Å². The van der Waals surface area contributed by atoms with Gasteiger partial charge in [0.15, 0.2) is 0 Å². The van der Waals surface area contributed by atoms with Crippen molar-refractivity contribution in [2.75, 3.05) is 0 Å². The summed E-state index contributed by atoms with van der Waals surface area (Å²) >= 11 is 2.01. The van der Waals surface area contributed by atoms with Crippen molar-refractivity contribution >= 4 is 28.5 Å². The van der Waals surface area contributed by atoms with Gasteiger partial charge >= 0.3 is 0 Å². The molecular weight excluding hydrogens is 343 g/mol. The van der Waals surface area contributed by atoms with Gasteiger partial charge in [-0.3, -0.25) is 4.79 Å². The molecule has 0 bridgehead atoms. The summed E-state index contributed by atoms with van der Waals surface area (Å²) in [5.74, 6) is -0.0616. The van der Waals surface area contributed by atoms with E-state index in [-0.39, 0.29) is 11.7 Å². The predicted octanol–water partition coefficient (Wildman–Crippen LogP) is 2.27. The second-order valence-electron chi connectivity index (χ2n) is 4.03. The number of halogens is 1. The molecule has 0 saturated carbocycles. The summed E-state index contributed by atoms with van der Waals surface area (Å²) < 4.78 is 2.66. The molecule has 0 spiro atoms. The molecule has 1 heterocycles. The van der Waals surface area contributed by atoms with E-state index in [1.54, 1.807) is 12.1 Å². The van der Waals surface area contributed by atoms with Crippen LogP contribution in [0.5, 0.6) is 5.75 Å². The summed E-state index contributed by atoms with van der Waals surface area (Å²) in [5, 5.41) is 12.4. The Morgan fingerprint density at radius 2 is 2.22 bits per heavy atom. The number of carbonyl (C=O) groups excluding carboxylic acids is 1. The lowest BCUT2D eigenvalue weighted by Crippen LogP contribution is -2.22. The van der Waals surface area contributed by atoms with Crippen LogP contribution < -0.4 is 5.32 Å². The summed E-state index contributed by atoms with van der Waals surface area (Å²) in [4.78, 5) is 11.9. The molecular formula is C13H13IN2O2. The predicted molar refractivity (Wildman–Crippen MR) is 77.4 cm³/mol. The summed E-state index contributed by atoms with van der Waals surface area (Å²) in [5.41, 5.74) is 1.50. The number of aryl methyl sites for hydroxylation is 1. The summed E-state index contributed by atoms with van der Waals surface area (Å²) in [6, 6.07) is 6.84. The van der Waals surface area contributed by atoms with Crippen molar-refractivity contribution in [3.05, 3.63) is 51.4 Å². The molecule has 18 heavy (non-hydrogen) atoms. The molecule has 0 unspecified atom stereocenters. The van der Waals surface area contributed by atoms with Gasteiger partial charge in [-0.25, -0.2) is 0 Å². The maximum Gasteiger partial charge on any atom is 0.251 e. The van der Waals surface area contributed by atoms with Gasteiger partial charge in [0.25, 0.3) is 5.91 Å². The van der Waals surface area contributed by atoms with Crippen LogP contribution in [0.15, 0.2) is 36.7 Å². The monoisotopic (exact) mass is 356 g/mol. The van der Waals surface area contributed by atoms with Crippen LogP contribution in [0.4, 0.5) is 0 Å². The lowest BCUT2D eigenvalue weighted by molar-refractivity contribution is 0.0950. The first kappa shape index (κ1) is 12.9. The first-order chi connectivity index (χ1) is 8.56. The fraction of sp³-hybridized carbons (Fsp3) is 0.154. The third kappa shape index (κ3) is 3.04. The number of phenolic OH excluding ortho intramolecular Hbond substituents is 1. The number of nitrogens with zero attached hydrogens (tertiary/aromatic N) is 1. The number of amides is 1. The van der Waals surface area contributed by atoms with E-state index in [9.17, 15) is 9.90 Å². The zero-order valence-electron chi connectivity index (χ0n) is 9.85. The van der Waals surface area contributed by atoms with Crippen molar-refractivity contribution in [2.45, 2.75) is 6.54 Å². The van der Waals surface area contributed by atoms with Crippen LogP contribution in [0.3, 0.4) is 0 Å². The molecule has 2 rings (SSSR count). The molecule has 0 aliphatic carbocycles. The normalized spacial score (nSPS) is 10.3. The van der Waals surface area contributed by atoms with Gasteiger partial charge in [0.2, 0.25) is 0 Å². The minimum Gasteiger partial charge on any atom is -0.507 e. The number of aromatic hydroxyl groups is 1. The summed E-state index contributed by atoms with van der Waals surface area (Å²) in [6.07, 6.45) is 3.88. The summed E-state index contributed by atoms with van der Waals surface area (Å²) in [6.45, 7) is 0.479. The minimum absolute atomic E-state index is 0.128. The van der Waals surface area contributed by atoms with Crippen LogP contribution in [0.25, 0.3) is 0 Å². The van der Waals surface area contributed by atoms with Crippen LogP contribution >= 0.6 is 22.6 Å². The Kier molecular flexibility index (Phi) is 3.90. The molecule has 0 radical (unpaired) electrons. The van der Waals surface area contributed by atoms with Gasteiger partial charge in [-0.1, -0.05) is 0 Å². The third-order valence-corrected chi connectivity index (χ3v) is 3.47. The quantitative estimate of drug-likeness (QED) is 0.829. The summed E-state index contributed by atoms with van der Waals surface area (Å²) in [7, 11) is 1.93. The van der Waals surface area contributed by atoms with Crippen LogP contribution in [-0.2, 0) is 13.6 Å². The van der Waals surface area contributed by atoms with Crippen LogP contribution in [0.2, 0.25) is 0 Å². The van der Waals surface area contributed by atoms with E-state index in [1.165, 1.54) is 6.07 Å². The van der Waals surface area contributed by atoms with E-state index in [0.29, 0.717) is 12.1 Å². The molecule has 94 valence electrons. The molecule has 1 aromatic heterocycles. The molecule has 0 saturated heterocycles. The maximum absolute atomic E-state index is 11.9. The average molecular weight is 356 g/mol. The Morgan fingerprint density at radius 1 is 1.44 bits per heavy atom.